The molecule has 0 radical (unpaired) electrons. The van der Waals surface area contributed by atoms with Gasteiger partial charge in [-0.25, -0.2) is 8.42 Å². The Hall–Kier alpha value is -2.09. The minimum atomic E-state index is -3.67. The first-order chi connectivity index (χ1) is 11.9. The Morgan fingerprint density at radius 2 is 2.08 bits per heavy atom. The van der Waals surface area contributed by atoms with E-state index < -0.39 is 15.1 Å². The van der Waals surface area contributed by atoms with Gasteiger partial charge >= 0.3 is 0 Å². The lowest BCUT2D eigenvalue weighted by molar-refractivity contribution is -0.121. The summed E-state index contributed by atoms with van der Waals surface area (Å²) in [4.78, 5) is 23.5. The Labute approximate surface area is 147 Å². The lowest BCUT2D eigenvalue weighted by atomic mass is 10.2. The van der Waals surface area contributed by atoms with E-state index in [1.54, 1.807) is 0 Å². The summed E-state index contributed by atoms with van der Waals surface area (Å²) in [7, 11) is -3.67. The van der Waals surface area contributed by atoms with E-state index in [1.165, 1.54) is 25.1 Å². The van der Waals surface area contributed by atoms with Crippen molar-refractivity contribution in [2.45, 2.75) is 55.2 Å². The molecule has 1 atom stereocenters. The van der Waals surface area contributed by atoms with Crippen LogP contribution in [0.5, 0.6) is 5.75 Å². The third-order valence-electron chi connectivity index (χ3n) is 4.64. The van der Waals surface area contributed by atoms with Gasteiger partial charge in [-0.3, -0.25) is 9.59 Å². The molecule has 2 N–H and O–H groups in total. The van der Waals surface area contributed by atoms with Gasteiger partial charge in [-0.2, -0.15) is 0 Å². The molecule has 7 nitrogen and oxygen atoms in total. The van der Waals surface area contributed by atoms with Crippen LogP contribution in [0.2, 0.25) is 0 Å². The summed E-state index contributed by atoms with van der Waals surface area (Å²) in [6.07, 6.45) is 4.05. The van der Waals surface area contributed by atoms with E-state index in [2.05, 4.69) is 10.6 Å². The Kier molecular flexibility index (Phi) is 4.99. The van der Waals surface area contributed by atoms with Crippen molar-refractivity contribution in [2.24, 2.45) is 0 Å². The number of anilines is 1. The van der Waals surface area contributed by atoms with E-state index in [-0.39, 0.29) is 35.8 Å². The molecular weight excluding hydrogens is 344 g/mol. The van der Waals surface area contributed by atoms with E-state index in [0.717, 1.165) is 25.7 Å². The van der Waals surface area contributed by atoms with Gasteiger partial charge < -0.3 is 15.4 Å². The molecule has 2 aliphatic rings. The van der Waals surface area contributed by atoms with Crippen molar-refractivity contribution in [3.05, 3.63) is 18.2 Å². The molecule has 3 rings (SSSR count). The molecule has 2 amide bonds. The minimum absolute atomic E-state index is 0.0759. The van der Waals surface area contributed by atoms with Crippen LogP contribution in [-0.4, -0.2) is 38.1 Å². The van der Waals surface area contributed by atoms with Crippen molar-refractivity contribution in [3.8, 4) is 5.75 Å². The predicted octanol–water partition coefficient (Wildman–Crippen LogP) is 1.63. The summed E-state index contributed by atoms with van der Waals surface area (Å²) >= 11 is 0. The van der Waals surface area contributed by atoms with Gasteiger partial charge in [0.1, 0.15) is 5.75 Å². The van der Waals surface area contributed by atoms with Gasteiger partial charge in [-0.15, -0.1) is 0 Å². The normalized spacial score (nSPS) is 18.8. The first kappa shape index (κ1) is 17.7. The molecule has 1 aromatic rings. The number of rotatable bonds is 5. The van der Waals surface area contributed by atoms with E-state index in [4.69, 9.17) is 4.74 Å². The zero-order valence-corrected chi connectivity index (χ0v) is 14.9. The number of ether oxygens (including phenoxy) is 1. The van der Waals surface area contributed by atoms with E-state index in [9.17, 15) is 18.0 Å². The molecular formula is C17H22N2O5S. The van der Waals surface area contributed by atoms with Crippen LogP contribution in [0.3, 0.4) is 0 Å². The highest BCUT2D eigenvalue weighted by atomic mass is 32.2. The van der Waals surface area contributed by atoms with E-state index in [1.807, 2.05) is 0 Å². The maximum Gasteiger partial charge on any atom is 0.262 e. The summed E-state index contributed by atoms with van der Waals surface area (Å²) < 4.78 is 30.7. The van der Waals surface area contributed by atoms with Crippen molar-refractivity contribution < 1.29 is 22.7 Å². The molecule has 1 heterocycles. The summed E-state index contributed by atoms with van der Waals surface area (Å²) in [6.45, 7) is 1.39. The molecule has 1 aromatic carbocycles. The molecule has 0 saturated heterocycles. The second-order valence-electron chi connectivity index (χ2n) is 6.60. The number of hydrogen-bond acceptors (Lipinski definition) is 5. The first-order valence-corrected chi connectivity index (χ1v) is 10.0. The van der Waals surface area contributed by atoms with Crippen molar-refractivity contribution in [1.29, 1.82) is 0 Å². The zero-order valence-electron chi connectivity index (χ0n) is 14.1. The molecule has 1 aliphatic carbocycles. The number of carbonyl (C=O) groups excluding carboxylic acids is 2. The van der Waals surface area contributed by atoms with Crippen LogP contribution >= 0.6 is 0 Å². The van der Waals surface area contributed by atoms with Crippen LogP contribution in [0, 0.1) is 0 Å². The average molecular weight is 366 g/mol. The third-order valence-corrected chi connectivity index (χ3v) is 6.77. The lowest BCUT2D eigenvalue weighted by Gasteiger charge is -2.20. The number of hydrogen-bond donors (Lipinski definition) is 2. The Morgan fingerprint density at radius 3 is 2.80 bits per heavy atom. The standard InChI is InChI=1S/C17H22N2O5S/c1-11(8-16(20)18-12-4-2-3-5-12)25(22,23)13-6-7-14-15(9-13)24-10-17(21)19-14/h6-7,9,11-12H,2-5,8,10H2,1H3,(H,18,20)(H,19,21). The minimum Gasteiger partial charge on any atom is -0.482 e. The van der Waals surface area contributed by atoms with Crippen LogP contribution in [-0.2, 0) is 19.4 Å². The number of amides is 2. The van der Waals surface area contributed by atoms with Crippen LogP contribution in [0.4, 0.5) is 5.69 Å². The zero-order chi connectivity index (χ0) is 18.0. The fourth-order valence-corrected chi connectivity index (χ4v) is 4.56. The fraction of sp³-hybridized carbons (Fsp3) is 0.529. The lowest BCUT2D eigenvalue weighted by Crippen LogP contribution is -2.35. The monoisotopic (exact) mass is 366 g/mol. The molecule has 1 unspecified atom stereocenters. The molecule has 136 valence electrons. The summed E-state index contributed by atoms with van der Waals surface area (Å²) in [5.74, 6) is -0.187. The molecule has 1 saturated carbocycles. The fourth-order valence-electron chi connectivity index (χ4n) is 3.19. The van der Waals surface area contributed by atoms with Gasteiger partial charge in [0.05, 0.1) is 15.8 Å². The highest BCUT2D eigenvalue weighted by molar-refractivity contribution is 7.92. The van der Waals surface area contributed by atoms with Gasteiger partial charge in [0.15, 0.2) is 16.4 Å². The van der Waals surface area contributed by atoms with Crippen LogP contribution < -0.4 is 15.4 Å². The maximum atomic E-state index is 12.7. The van der Waals surface area contributed by atoms with Crippen molar-refractivity contribution in [3.63, 3.8) is 0 Å². The van der Waals surface area contributed by atoms with Gasteiger partial charge in [-0.05, 0) is 31.9 Å². The third kappa shape index (κ3) is 3.95. The largest absolute Gasteiger partial charge is 0.482 e. The number of fused-ring (bicyclic) bond motifs is 1. The highest BCUT2D eigenvalue weighted by Crippen LogP contribution is 2.31. The molecule has 0 aromatic heterocycles. The smallest absolute Gasteiger partial charge is 0.262 e. The van der Waals surface area contributed by atoms with E-state index in [0.29, 0.717) is 11.4 Å². The first-order valence-electron chi connectivity index (χ1n) is 8.46. The number of carbonyl (C=O) groups is 2. The SMILES string of the molecule is CC(CC(=O)NC1CCCC1)S(=O)(=O)c1ccc2c(c1)OCC(=O)N2. The van der Waals surface area contributed by atoms with Crippen molar-refractivity contribution >= 4 is 27.3 Å². The predicted molar refractivity (Wildman–Crippen MR) is 92.2 cm³/mol. The molecule has 1 aliphatic heterocycles. The van der Waals surface area contributed by atoms with Gasteiger partial charge in [0.2, 0.25) is 5.91 Å². The Balaban J connectivity index is 1.69. The van der Waals surface area contributed by atoms with Crippen molar-refractivity contribution in [2.75, 3.05) is 11.9 Å². The van der Waals surface area contributed by atoms with Gasteiger partial charge in [0, 0.05) is 18.5 Å². The van der Waals surface area contributed by atoms with Crippen LogP contribution in [0.25, 0.3) is 0 Å². The topological polar surface area (TPSA) is 102 Å². The summed E-state index contributed by atoms with van der Waals surface area (Å²) in [5, 5.41) is 4.69. The van der Waals surface area contributed by atoms with Crippen LogP contribution in [0.15, 0.2) is 23.1 Å². The Bertz CT molecular complexity index is 784. The molecule has 25 heavy (non-hydrogen) atoms. The maximum absolute atomic E-state index is 12.7. The second-order valence-corrected chi connectivity index (χ2v) is 8.97. The second kappa shape index (κ2) is 7.03. The molecule has 0 bridgehead atoms. The summed E-state index contributed by atoms with van der Waals surface area (Å²) in [6, 6.07) is 4.50. The van der Waals surface area contributed by atoms with Crippen molar-refractivity contribution in [1.82, 2.24) is 5.32 Å². The highest BCUT2D eigenvalue weighted by Gasteiger charge is 2.28. The average Bonchev–Trinajstić information content (AvgIpc) is 3.06. The number of sulfone groups is 1. The molecule has 0 spiro atoms. The number of benzene rings is 1. The Morgan fingerprint density at radius 1 is 1.36 bits per heavy atom. The summed E-state index contributed by atoms with van der Waals surface area (Å²) in [5.41, 5.74) is 0.446. The molecule has 8 heteroatoms. The number of nitrogens with one attached hydrogen (secondary N) is 2. The van der Waals surface area contributed by atoms with Crippen LogP contribution in [0.1, 0.15) is 39.0 Å². The quantitative estimate of drug-likeness (QED) is 0.825. The van der Waals surface area contributed by atoms with Gasteiger partial charge in [-0.1, -0.05) is 12.8 Å². The molecule has 1 fully saturated rings. The van der Waals surface area contributed by atoms with Gasteiger partial charge in [0.25, 0.3) is 5.91 Å². The van der Waals surface area contributed by atoms with E-state index >= 15 is 0 Å².